The molecular weight excluding hydrogens is 251 g/mol. The van der Waals surface area contributed by atoms with Gasteiger partial charge in [-0.1, -0.05) is 35.3 Å². The van der Waals surface area contributed by atoms with Gasteiger partial charge in [0, 0.05) is 5.56 Å². The van der Waals surface area contributed by atoms with Crippen molar-refractivity contribution >= 4 is 23.2 Å². The molecule has 2 rings (SSSR count). The smallest absolute Gasteiger partial charge is 0.111 e. The van der Waals surface area contributed by atoms with Gasteiger partial charge in [-0.15, -0.1) is 0 Å². The first-order valence-corrected chi connectivity index (χ1v) is 5.77. The molecule has 1 fully saturated rings. The first-order valence-electron chi connectivity index (χ1n) is 5.01. The maximum atomic E-state index is 10.1. The summed E-state index contributed by atoms with van der Waals surface area (Å²) in [4.78, 5) is 0. The molecule has 1 heterocycles. The molecule has 16 heavy (non-hydrogen) atoms. The lowest BCUT2D eigenvalue weighted by atomic mass is 10.0. The Morgan fingerprint density at radius 2 is 2.12 bits per heavy atom. The van der Waals surface area contributed by atoms with Crippen molar-refractivity contribution in [1.82, 2.24) is 0 Å². The molecule has 0 aliphatic carbocycles. The van der Waals surface area contributed by atoms with E-state index < -0.39 is 6.10 Å². The third kappa shape index (κ3) is 2.50. The van der Waals surface area contributed by atoms with Crippen LogP contribution < -0.4 is 0 Å². The van der Waals surface area contributed by atoms with E-state index in [1.165, 1.54) is 0 Å². The van der Waals surface area contributed by atoms with Crippen LogP contribution in [0.3, 0.4) is 0 Å². The molecule has 88 valence electrons. The maximum Gasteiger partial charge on any atom is 0.111 e. The third-order valence-corrected chi connectivity index (χ3v) is 3.33. The summed E-state index contributed by atoms with van der Waals surface area (Å²) in [6.45, 7) is 1.41. The van der Waals surface area contributed by atoms with Crippen molar-refractivity contribution < 1.29 is 14.6 Å². The molecule has 5 heteroatoms. The van der Waals surface area contributed by atoms with Crippen molar-refractivity contribution in [2.75, 3.05) is 19.8 Å². The monoisotopic (exact) mass is 262 g/mol. The summed E-state index contributed by atoms with van der Waals surface area (Å²) in [5, 5.41) is 10.9. The molecule has 1 saturated heterocycles. The minimum atomic E-state index is -0.813. The molecule has 1 aliphatic rings. The number of halogens is 2. The quantitative estimate of drug-likeness (QED) is 0.890. The molecule has 2 unspecified atom stereocenters. The normalized spacial score (nSPS) is 23.1. The average molecular weight is 263 g/mol. The van der Waals surface area contributed by atoms with Gasteiger partial charge in [-0.2, -0.15) is 0 Å². The van der Waals surface area contributed by atoms with E-state index in [1.54, 1.807) is 18.2 Å². The molecule has 2 atom stereocenters. The fourth-order valence-corrected chi connectivity index (χ4v) is 2.06. The summed E-state index contributed by atoms with van der Waals surface area (Å²) in [6.07, 6.45) is -1.20. The molecule has 1 aliphatic heterocycles. The van der Waals surface area contributed by atoms with Gasteiger partial charge >= 0.3 is 0 Å². The molecular formula is C11H12Cl2O3. The van der Waals surface area contributed by atoms with E-state index in [0.717, 1.165) is 0 Å². The molecule has 1 N–H and O–H groups in total. The number of aliphatic hydroxyl groups is 1. The molecule has 1 aromatic carbocycles. The summed E-state index contributed by atoms with van der Waals surface area (Å²) in [6, 6.07) is 5.16. The Balaban J connectivity index is 2.19. The molecule has 0 aromatic heterocycles. The number of hydrogen-bond acceptors (Lipinski definition) is 3. The van der Waals surface area contributed by atoms with Crippen molar-refractivity contribution in [1.29, 1.82) is 0 Å². The summed E-state index contributed by atoms with van der Waals surface area (Å²) in [5.41, 5.74) is 0.574. The fourth-order valence-electron chi connectivity index (χ4n) is 1.64. The van der Waals surface area contributed by atoms with Gasteiger partial charge in [0.05, 0.1) is 29.9 Å². The molecule has 0 amide bonds. The SMILES string of the molecule is OC(c1cccc(Cl)c1Cl)C1COCCO1. The van der Waals surface area contributed by atoms with E-state index in [4.69, 9.17) is 32.7 Å². The zero-order valence-electron chi connectivity index (χ0n) is 8.53. The van der Waals surface area contributed by atoms with Crippen molar-refractivity contribution in [2.45, 2.75) is 12.2 Å². The lowest BCUT2D eigenvalue weighted by Gasteiger charge is -2.27. The highest BCUT2D eigenvalue weighted by Gasteiger charge is 2.26. The molecule has 0 saturated carbocycles. The predicted octanol–water partition coefficient (Wildman–Crippen LogP) is 2.44. The number of aliphatic hydroxyl groups excluding tert-OH is 1. The van der Waals surface area contributed by atoms with E-state index in [1.807, 2.05) is 0 Å². The Morgan fingerprint density at radius 1 is 1.31 bits per heavy atom. The van der Waals surface area contributed by atoms with Crippen LogP contribution in [0.4, 0.5) is 0 Å². The largest absolute Gasteiger partial charge is 0.386 e. The lowest BCUT2D eigenvalue weighted by Crippen LogP contribution is -2.33. The van der Waals surface area contributed by atoms with Crippen molar-refractivity contribution in [3.63, 3.8) is 0 Å². The van der Waals surface area contributed by atoms with Gasteiger partial charge in [0.15, 0.2) is 0 Å². The van der Waals surface area contributed by atoms with Gasteiger partial charge in [-0.3, -0.25) is 0 Å². The number of ether oxygens (including phenoxy) is 2. The van der Waals surface area contributed by atoms with Crippen LogP contribution in [0.1, 0.15) is 11.7 Å². The van der Waals surface area contributed by atoms with E-state index in [0.29, 0.717) is 35.4 Å². The van der Waals surface area contributed by atoms with E-state index in [-0.39, 0.29) is 6.10 Å². The van der Waals surface area contributed by atoms with Crippen LogP contribution in [0.5, 0.6) is 0 Å². The summed E-state index contributed by atoms with van der Waals surface area (Å²) in [7, 11) is 0. The minimum absolute atomic E-state index is 0.365. The number of rotatable bonds is 2. The summed E-state index contributed by atoms with van der Waals surface area (Å²) < 4.78 is 10.6. The second-order valence-corrected chi connectivity index (χ2v) is 4.36. The van der Waals surface area contributed by atoms with Crippen LogP contribution in [-0.4, -0.2) is 31.0 Å². The van der Waals surface area contributed by atoms with Crippen molar-refractivity contribution in [3.05, 3.63) is 33.8 Å². The van der Waals surface area contributed by atoms with Crippen LogP contribution in [-0.2, 0) is 9.47 Å². The molecule has 3 nitrogen and oxygen atoms in total. The van der Waals surface area contributed by atoms with E-state index in [9.17, 15) is 5.11 Å². The predicted molar refractivity (Wildman–Crippen MR) is 62.0 cm³/mol. The van der Waals surface area contributed by atoms with Gasteiger partial charge in [0.25, 0.3) is 0 Å². The Kier molecular flexibility index (Phi) is 4.05. The second-order valence-electron chi connectivity index (χ2n) is 3.57. The molecule has 1 aromatic rings. The first kappa shape index (κ1) is 12.1. The minimum Gasteiger partial charge on any atom is -0.386 e. The van der Waals surface area contributed by atoms with E-state index in [2.05, 4.69) is 0 Å². The highest BCUT2D eigenvalue weighted by molar-refractivity contribution is 6.42. The van der Waals surface area contributed by atoms with Crippen LogP contribution in [0.25, 0.3) is 0 Å². The van der Waals surface area contributed by atoms with Gasteiger partial charge < -0.3 is 14.6 Å². The molecule has 0 spiro atoms. The van der Waals surface area contributed by atoms with Crippen LogP contribution in [0.15, 0.2) is 18.2 Å². The third-order valence-electron chi connectivity index (χ3n) is 2.49. The van der Waals surface area contributed by atoms with Crippen LogP contribution >= 0.6 is 23.2 Å². The Hall–Kier alpha value is -0.320. The molecule has 0 bridgehead atoms. The zero-order chi connectivity index (χ0) is 11.5. The molecule has 0 radical (unpaired) electrons. The van der Waals surface area contributed by atoms with Gasteiger partial charge in [-0.25, -0.2) is 0 Å². The Bertz CT molecular complexity index is 364. The Morgan fingerprint density at radius 3 is 2.81 bits per heavy atom. The van der Waals surface area contributed by atoms with Crippen LogP contribution in [0, 0.1) is 0 Å². The summed E-state index contributed by atoms with van der Waals surface area (Å²) in [5.74, 6) is 0. The van der Waals surface area contributed by atoms with E-state index >= 15 is 0 Å². The zero-order valence-corrected chi connectivity index (χ0v) is 10.0. The van der Waals surface area contributed by atoms with Crippen molar-refractivity contribution in [3.8, 4) is 0 Å². The second kappa shape index (κ2) is 5.34. The van der Waals surface area contributed by atoms with Gasteiger partial charge in [0.1, 0.15) is 12.2 Å². The van der Waals surface area contributed by atoms with Gasteiger partial charge in [0.2, 0.25) is 0 Å². The summed E-state index contributed by atoms with van der Waals surface area (Å²) >= 11 is 11.9. The standard InChI is InChI=1S/C11H12Cl2O3/c12-8-3-1-2-7(10(8)13)11(14)9-6-15-4-5-16-9/h1-3,9,11,14H,4-6H2. The number of hydrogen-bond donors (Lipinski definition) is 1. The highest BCUT2D eigenvalue weighted by Crippen LogP contribution is 2.32. The van der Waals surface area contributed by atoms with Crippen LogP contribution in [0.2, 0.25) is 10.0 Å². The fraction of sp³-hybridized carbons (Fsp3) is 0.455. The lowest BCUT2D eigenvalue weighted by molar-refractivity contribution is -0.133. The highest BCUT2D eigenvalue weighted by atomic mass is 35.5. The topological polar surface area (TPSA) is 38.7 Å². The first-order chi connectivity index (χ1) is 7.70. The average Bonchev–Trinajstić information content (AvgIpc) is 2.33. The number of benzene rings is 1. The maximum absolute atomic E-state index is 10.1. The Labute approximate surface area is 104 Å². The van der Waals surface area contributed by atoms with Crippen molar-refractivity contribution in [2.24, 2.45) is 0 Å². The van der Waals surface area contributed by atoms with Gasteiger partial charge in [-0.05, 0) is 6.07 Å².